The van der Waals surface area contributed by atoms with E-state index in [0.717, 1.165) is 11.3 Å². The summed E-state index contributed by atoms with van der Waals surface area (Å²) in [6.07, 6.45) is 1.75. The summed E-state index contributed by atoms with van der Waals surface area (Å²) in [6, 6.07) is 6.88. The summed E-state index contributed by atoms with van der Waals surface area (Å²) in [5, 5.41) is 9.74. The average molecular weight is 274 g/mol. The normalized spacial score (nSPS) is 10.3. The second kappa shape index (κ2) is 5.69. The number of hydrogen-bond donors (Lipinski definition) is 2. The molecule has 0 saturated heterocycles. The number of phenols is 1. The number of carbonyl (C=O) groups excluding carboxylic acids is 1. The van der Waals surface area contributed by atoms with E-state index in [4.69, 9.17) is 4.74 Å². The Morgan fingerprint density at radius 2 is 2.15 bits per heavy atom. The highest BCUT2D eigenvalue weighted by atomic mass is 16.5. The molecule has 2 aromatic rings. The van der Waals surface area contributed by atoms with Crippen molar-refractivity contribution in [1.29, 1.82) is 0 Å². The topological polar surface area (TPSA) is 65.6 Å². The number of hydrogen-bond acceptors (Lipinski definition) is 3. The third kappa shape index (κ3) is 2.77. The van der Waals surface area contributed by atoms with Crippen LogP contribution in [0.4, 0.5) is 0 Å². The standard InChI is InChI=1S/C15H18N2O3/c1-10-12(6-7-16-10)15(19)17(2)9-11-4-5-14(20-3)13(18)8-11/h4-8,16,18H,9H2,1-3H3. The van der Waals surface area contributed by atoms with Gasteiger partial charge in [-0.15, -0.1) is 0 Å². The molecule has 106 valence electrons. The van der Waals surface area contributed by atoms with E-state index in [1.807, 2.05) is 13.0 Å². The lowest BCUT2D eigenvalue weighted by molar-refractivity contribution is 0.0784. The molecule has 1 aromatic heterocycles. The summed E-state index contributed by atoms with van der Waals surface area (Å²) < 4.78 is 4.99. The molecule has 5 heteroatoms. The number of aromatic nitrogens is 1. The van der Waals surface area contributed by atoms with Crippen LogP contribution in [0.1, 0.15) is 21.6 Å². The van der Waals surface area contributed by atoms with Crippen LogP contribution in [-0.4, -0.2) is 35.1 Å². The summed E-state index contributed by atoms with van der Waals surface area (Å²) in [5.41, 5.74) is 2.34. The highest BCUT2D eigenvalue weighted by Crippen LogP contribution is 2.26. The average Bonchev–Trinajstić information content (AvgIpc) is 2.84. The van der Waals surface area contributed by atoms with Gasteiger partial charge in [-0.2, -0.15) is 0 Å². The van der Waals surface area contributed by atoms with Crippen molar-refractivity contribution in [3.8, 4) is 11.5 Å². The van der Waals surface area contributed by atoms with Crippen LogP contribution in [0.15, 0.2) is 30.5 Å². The Balaban J connectivity index is 2.12. The second-order valence-electron chi connectivity index (χ2n) is 4.68. The maximum Gasteiger partial charge on any atom is 0.255 e. The second-order valence-corrected chi connectivity index (χ2v) is 4.68. The summed E-state index contributed by atoms with van der Waals surface area (Å²) in [4.78, 5) is 16.9. The number of nitrogens with zero attached hydrogens (tertiary/aromatic N) is 1. The Labute approximate surface area is 117 Å². The van der Waals surface area contributed by atoms with Gasteiger partial charge in [-0.25, -0.2) is 0 Å². The predicted octanol–water partition coefficient (Wildman–Crippen LogP) is 2.31. The van der Waals surface area contributed by atoms with E-state index in [0.29, 0.717) is 17.9 Å². The highest BCUT2D eigenvalue weighted by Gasteiger charge is 2.15. The Morgan fingerprint density at radius 1 is 1.40 bits per heavy atom. The number of benzene rings is 1. The van der Waals surface area contributed by atoms with E-state index < -0.39 is 0 Å². The molecular weight excluding hydrogens is 256 g/mol. The summed E-state index contributed by atoms with van der Waals surface area (Å²) in [6.45, 7) is 2.28. The molecule has 20 heavy (non-hydrogen) atoms. The van der Waals surface area contributed by atoms with Crippen LogP contribution in [0.5, 0.6) is 11.5 Å². The largest absolute Gasteiger partial charge is 0.504 e. The van der Waals surface area contributed by atoms with Gasteiger partial charge >= 0.3 is 0 Å². The van der Waals surface area contributed by atoms with E-state index in [1.165, 1.54) is 7.11 Å². The molecule has 0 radical (unpaired) electrons. The van der Waals surface area contributed by atoms with Crippen molar-refractivity contribution in [2.75, 3.05) is 14.2 Å². The molecule has 0 bridgehead atoms. The van der Waals surface area contributed by atoms with Crippen molar-refractivity contribution in [2.24, 2.45) is 0 Å². The van der Waals surface area contributed by atoms with Crippen molar-refractivity contribution >= 4 is 5.91 Å². The molecule has 0 atom stereocenters. The van der Waals surface area contributed by atoms with Crippen molar-refractivity contribution in [1.82, 2.24) is 9.88 Å². The fraction of sp³-hybridized carbons (Fsp3) is 0.267. The molecule has 1 amide bonds. The minimum absolute atomic E-state index is 0.0564. The molecule has 5 nitrogen and oxygen atoms in total. The van der Waals surface area contributed by atoms with E-state index in [-0.39, 0.29) is 11.7 Å². The molecule has 2 N–H and O–H groups in total. The minimum Gasteiger partial charge on any atom is -0.504 e. The molecule has 0 fully saturated rings. The van der Waals surface area contributed by atoms with Gasteiger partial charge in [0.2, 0.25) is 0 Å². The number of methoxy groups -OCH3 is 1. The molecule has 1 aromatic carbocycles. The molecule has 0 spiro atoms. The van der Waals surface area contributed by atoms with Gasteiger partial charge < -0.3 is 19.7 Å². The van der Waals surface area contributed by atoms with Gasteiger partial charge in [-0.3, -0.25) is 4.79 Å². The Bertz CT molecular complexity index is 619. The van der Waals surface area contributed by atoms with Crippen molar-refractivity contribution in [2.45, 2.75) is 13.5 Å². The first-order valence-corrected chi connectivity index (χ1v) is 6.28. The van der Waals surface area contributed by atoms with Crippen LogP contribution in [-0.2, 0) is 6.54 Å². The van der Waals surface area contributed by atoms with Gasteiger partial charge in [0.1, 0.15) is 0 Å². The van der Waals surface area contributed by atoms with Gasteiger partial charge in [0, 0.05) is 25.5 Å². The summed E-state index contributed by atoms with van der Waals surface area (Å²) >= 11 is 0. The van der Waals surface area contributed by atoms with E-state index in [9.17, 15) is 9.90 Å². The minimum atomic E-state index is -0.0564. The maximum atomic E-state index is 12.3. The smallest absolute Gasteiger partial charge is 0.255 e. The molecule has 0 saturated carbocycles. The quantitative estimate of drug-likeness (QED) is 0.899. The highest BCUT2D eigenvalue weighted by molar-refractivity contribution is 5.95. The van der Waals surface area contributed by atoms with Crippen LogP contribution < -0.4 is 4.74 Å². The number of ether oxygens (including phenoxy) is 1. The number of nitrogens with one attached hydrogen (secondary N) is 1. The fourth-order valence-corrected chi connectivity index (χ4v) is 2.07. The predicted molar refractivity (Wildman–Crippen MR) is 76.0 cm³/mol. The van der Waals surface area contributed by atoms with Crippen LogP contribution in [0.2, 0.25) is 0 Å². The summed E-state index contributed by atoms with van der Waals surface area (Å²) in [7, 11) is 3.23. The lowest BCUT2D eigenvalue weighted by atomic mass is 10.1. The molecule has 1 heterocycles. The van der Waals surface area contributed by atoms with Crippen LogP contribution >= 0.6 is 0 Å². The summed E-state index contributed by atoms with van der Waals surface area (Å²) in [5.74, 6) is 0.437. The number of phenolic OH excluding ortho intramolecular Hbond substituents is 1. The van der Waals surface area contributed by atoms with Crippen molar-refractivity contribution < 1.29 is 14.6 Å². The zero-order chi connectivity index (χ0) is 14.7. The monoisotopic (exact) mass is 274 g/mol. The third-order valence-electron chi connectivity index (χ3n) is 3.19. The van der Waals surface area contributed by atoms with Gasteiger partial charge in [-0.05, 0) is 30.7 Å². The number of rotatable bonds is 4. The number of amides is 1. The van der Waals surface area contributed by atoms with Crippen molar-refractivity contribution in [3.63, 3.8) is 0 Å². The van der Waals surface area contributed by atoms with E-state index in [2.05, 4.69) is 4.98 Å². The zero-order valence-corrected chi connectivity index (χ0v) is 11.8. The zero-order valence-electron chi connectivity index (χ0n) is 11.8. The molecule has 0 aliphatic rings. The first-order chi connectivity index (χ1) is 9.52. The molecule has 0 aliphatic carbocycles. The maximum absolute atomic E-state index is 12.3. The molecule has 0 unspecified atom stereocenters. The number of aromatic amines is 1. The molecule has 0 aliphatic heterocycles. The van der Waals surface area contributed by atoms with E-state index in [1.54, 1.807) is 36.3 Å². The Hall–Kier alpha value is -2.43. The lowest BCUT2D eigenvalue weighted by Gasteiger charge is -2.17. The Morgan fingerprint density at radius 3 is 2.70 bits per heavy atom. The number of aryl methyl sites for hydroxylation is 1. The SMILES string of the molecule is COc1ccc(CN(C)C(=O)c2cc[nH]c2C)cc1O. The molecule has 2 rings (SSSR count). The lowest BCUT2D eigenvalue weighted by Crippen LogP contribution is -2.26. The number of carbonyl (C=O) groups is 1. The van der Waals surface area contributed by atoms with Crippen LogP contribution in [0, 0.1) is 6.92 Å². The van der Waals surface area contributed by atoms with Gasteiger partial charge in [-0.1, -0.05) is 6.07 Å². The third-order valence-corrected chi connectivity index (χ3v) is 3.19. The van der Waals surface area contributed by atoms with Crippen LogP contribution in [0.3, 0.4) is 0 Å². The number of H-pyrrole nitrogens is 1. The number of aromatic hydroxyl groups is 1. The van der Waals surface area contributed by atoms with E-state index >= 15 is 0 Å². The first kappa shape index (κ1) is 14.0. The first-order valence-electron chi connectivity index (χ1n) is 6.28. The van der Waals surface area contributed by atoms with Gasteiger partial charge in [0.05, 0.1) is 12.7 Å². The molecular formula is C15H18N2O3. The van der Waals surface area contributed by atoms with Gasteiger partial charge in [0.25, 0.3) is 5.91 Å². The fourth-order valence-electron chi connectivity index (χ4n) is 2.07. The van der Waals surface area contributed by atoms with Crippen LogP contribution in [0.25, 0.3) is 0 Å². The van der Waals surface area contributed by atoms with Crippen molar-refractivity contribution in [3.05, 3.63) is 47.3 Å². The van der Waals surface area contributed by atoms with Gasteiger partial charge in [0.15, 0.2) is 11.5 Å². The Kier molecular flexibility index (Phi) is 3.98.